The molecule has 0 rings (SSSR count). The molecule has 7 nitrogen and oxygen atoms in total. The molecule has 0 heterocycles. The number of rotatable bonds is 8. The van der Waals surface area contributed by atoms with E-state index in [9.17, 15) is 14.4 Å². The smallest absolute Gasteiger partial charge is 0.317 e. The van der Waals surface area contributed by atoms with Gasteiger partial charge in [-0.3, -0.25) is 9.59 Å². The molecule has 0 radical (unpaired) electrons. The van der Waals surface area contributed by atoms with Crippen molar-refractivity contribution in [1.29, 1.82) is 0 Å². The molecule has 18 heavy (non-hydrogen) atoms. The third-order valence-corrected chi connectivity index (χ3v) is 2.29. The number of carboxylic acids is 1. The summed E-state index contributed by atoms with van der Waals surface area (Å²) >= 11 is 0. The van der Waals surface area contributed by atoms with E-state index in [1.54, 1.807) is 7.05 Å². The lowest BCUT2D eigenvalue weighted by Crippen LogP contribution is -2.38. The van der Waals surface area contributed by atoms with Gasteiger partial charge in [-0.05, 0) is 12.8 Å². The summed E-state index contributed by atoms with van der Waals surface area (Å²) in [6.07, 6.45) is 1.24. The lowest BCUT2D eigenvalue weighted by atomic mass is 10.3. The Balaban J connectivity index is 3.63. The average molecular weight is 260 g/mol. The molecule has 0 fully saturated rings. The zero-order chi connectivity index (χ0) is 14.0. The van der Waals surface area contributed by atoms with E-state index >= 15 is 0 Å². The zero-order valence-electron chi connectivity index (χ0n) is 10.8. The van der Waals surface area contributed by atoms with Crippen molar-refractivity contribution < 1.29 is 24.2 Å². The van der Waals surface area contributed by atoms with Crippen LogP contribution in [0, 0.1) is 0 Å². The Kier molecular flexibility index (Phi) is 8.34. The summed E-state index contributed by atoms with van der Waals surface area (Å²) in [6.45, 7) is 0.770. The fourth-order valence-electron chi connectivity index (χ4n) is 1.23. The highest BCUT2D eigenvalue weighted by molar-refractivity contribution is 5.74. The number of methoxy groups -OCH3 is 1. The average Bonchev–Trinajstić information content (AvgIpc) is 2.33. The number of carboxylic acid groups (broad SMARTS) is 1. The maximum absolute atomic E-state index is 11.5. The minimum atomic E-state index is -0.879. The Morgan fingerprint density at radius 1 is 1.22 bits per heavy atom. The van der Waals surface area contributed by atoms with Gasteiger partial charge in [0.2, 0.25) is 0 Å². The van der Waals surface area contributed by atoms with Crippen molar-refractivity contribution in [1.82, 2.24) is 10.2 Å². The van der Waals surface area contributed by atoms with Gasteiger partial charge in [-0.25, -0.2) is 4.79 Å². The topological polar surface area (TPSA) is 95.9 Å². The molecule has 0 unspecified atom stereocenters. The summed E-state index contributed by atoms with van der Waals surface area (Å²) in [6, 6.07) is -0.273. The van der Waals surface area contributed by atoms with Crippen molar-refractivity contribution in [2.45, 2.75) is 25.7 Å². The van der Waals surface area contributed by atoms with Gasteiger partial charge in [0.25, 0.3) is 0 Å². The largest absolute Gasteiger partial charge is 0.481 e. The Morgan fingerprint density at radius 3 is 2.44 bits per heavy atom. The number of aliphatic carboxylic acids is 1. The normalized spacial score (nSPS) is 9.67. The number of amides is 2. The van der Waals surface area contributed by atoms with Gasteiger partial charge in [0.05, 0.1) is 7.11 Å². The number of urea groups is 1. The van der Waals surface area contributed by atoms with Gasteiger partial charge in [0, 0.05) is 33.0 Å². The van der Waals surface area contributed by atoms with Crippen LogP contribution in [0.5, 0.6) is 0 Å². The van der Waals surface area contributed by atoms with Crippen molar-refractivity contribution in [2.75, 3.05) is 27.2 Å². The van der Waals surface area contributed by atoms with Gasteiger partial charge in [-0.1, -0.05) is 0 Å². The van der Waals surface area contributed by atoms with Crippen LogP contribution in [0.3, 0.4) is 0 Å². The summed E-state index contributed by atoms with van der Waals surface area (Å²) in [7, 11) is 2.94. The minimum Gasteiger partial charge on any atom is -0.481 e. The van der Waals surface area contributed by atoms with Crippen LogP contribution in [0.1, 0.15) is 25.7 Å². The number of carbonyl (C=O) groups is 3. The highest BCUT2D eigenvalue weighted by atomic mass is 16.5. The van der Waals surface area contributed by atoms with E-state index in [2.05, 4.69) is 10.1 Å². The van der Waals surface area contributed by atoms with Gasteiger partial charge in [-0.15, -0.1) is 0 Å². The third kappa shape index (κ3) is 8.37. The Labute approximate surface area is 106 Å². The standard InChI is InChI=1S/C11H20N2O5/c1-13(8-4-6-10(16)18-2)11(17)12-7-3-5-9(14)15/h3-8H2,1-2H3,(H,12,17)(H,14,15). The molecule has 7 heteroatoms. The van der Waals surface area contributed by atoms with Gasteiger partial charge < -0.3 is 20.1 Å². The second-order valence-electron chi connectivity index (χ2n) is 3.83. The van der Waals surface area contributed by atoms with E-state index in [4.69, 9.17) is 5.11 Å². The molecule has 0 spiro atoms. The quantitative estimate of drug-likeness (QED) is 0.488. The van der Waals surface area contributed by atoms with Crippen molar-refractivity contribution in [3.05, 3.63) is 0 Å². The molecule has 2 amide bonds. The fraction of sp³-hybridized carbons (Fsp3) is 0.727. The van der Waals surface area contributed by atoms with Crippen LogP contribution < -0.4 is 5.32 Å². The molecule has 2 N–H and O–H groups in total. The predicted octanol–water partition coefficient (Wildman–Crippen LogP) is 0.446. The molecule has 0 saturated heterocycles. The first-order chi connectivity index (χ1) is 8.47. The van der Waals surface area contributed by atoms with Crippen molar-refractivity contribution in [3.8, 4) is 0 Å². The van der Waals surface area contributed by atoms with Gasteiger partial charge >= 0.3 is 18.0 Å². The highest BCUT2D eigenvalue weighted by Gasteiger charge is 2.08. The Morgan fingerprint density at radius 2 is 1.89 bits per heavy atom. The van der Waals surface area contributed by atoms with Crippen molar-refractivity contribution >= 4 is 18.0 Å². The third-order valence-electron chi connectivity index (χ3n) is 2.29. The second kappa shape index (κ2) is 9.26. The summed E-state index contributed by atoms with van der Waals surface area (Å²) in [5.41, 5.74) is 0. The summed E-state index contributed by atoms with van der Waals surface area (Å²) in [5.74, 6) is -1.18. The van der Waals surface area contributed by atoms with Crippen LogP contribution in [0.2, 0.25) is 0 Å². The highest BCUT2D eigenvalue weighted by Crippen LogP contribution is 1.95. The van der Waals surface area contributed by atoms with E-state index in [1.807, 2.05) is 0 Å². The van der Waals surface area contributed by atoms with Crippen LogP contribution in [0.25, 0.3) is 0 Å². The molecule has 0 bridgehead atoms. The Bertz CT molecular complexity index is 293. The molecule has 0 saturated carbocycles. The van der Waals surface area contributed by atoms with Crippen LogP contribution in [0.15, 0.2) is 0 Å². The van der Waals surface area contributed by atoms with Crippen molar-refractivity contribution in [2.24, 2.45) is 0 Å². The molecule has 0 aliphatic rings. The molecule has 0 aromatic heterocycles. The number of hydrogen-bond donors (Lipinski definition) is 2. The SMILES string of the molecule is COC(=O)CCCN(C)C(=O)NCCCC(=O)O. The lowest BCUT2D eigenvalue weighted by Gasteiger charge is -2.17. The van der Waals surface area contributed by atoms with E-state index in [0.717, 1.165) is 0 Å². The number of nitrogens with one attached hydrogen (secondary N) is 1. The molecule has 0 aromatic rings. The van der Waals surface area contributed by atoms with Gasteiger partial charge in [0.1, 0.15) is 0 Å². The molecular weight excluding hydrogens is 240 g/mol. The van der Waals surface area contributed by atoms with E-state index in [-0.39, 0.29) is 24.8 Å². The Hall–Kier alpha value is -1.79. The monoisotopic (exact) mass is 260 g/mol. The second-order valence-corrected chi connectivity index (χ2v) is 3.83. The maximum Gasteiger partial charge on any atom is 0.317 e. The minimum absolute atomic E-state index is 0.0341. The number of nitrogens with zero attached hydrogens (tertiary/aromatic N) is 1. The van der Waals surface area contributed by atoms with Crippen LogP contribution in [-0.2, 0) is 14.3 Å². The zero-order valence-corrected chi connectivity index (χ0v) is 10.8. The number of ether oxygens (including phenoxy) is 1. The predicted molar refractivity (Wildman–Crippen MR) is 64.1 cm³/mol. The van der Waals surface area contributed by atoms with Crippen LogP contribution in [0.4, 0.5) is 4.79 Å². The first kappa shape index (κ1) is 16.2. The molecule has 0 aromatic carbocycles. The lowest BCUT2D eigenvalue weighted by molar-refractivity contribution is -0.141. The number of carbonyl (C=O) groups excluding carboxylic acids is 2. The molecule has 0 atom stereocenters. The molecule has 104 valence electrons. The summed E-state index contributed by atoms with van der Waals surface area (Å²) < 4.78 is 4.48. The molecule has 0 aliphatic carbocycles. The number of hydrogen-bond acceptors (Lipinski definition) is 4. The summed E-state index contributed by atoms with van der Waals surface area (Å²) in [4.78, 5) is 34.0. The maximum atomic E-state index is 11.5. The van der Waals surface area contributed by atoms with E-state index in [1.165, 1.54) is 12.0 Å². The fourth-order valence-corrected chi connectivity index (χ4v) is 1.23. The van der Waals surface area contributed by atoms with Gasteiger partial charge in [-0.2, -0.15) is 0 Å². The van der Waals surface area contributed by atoms with Crippen LogP contribution in [-0.4, -0.2) is 55.2 Å². The van der Waals surface area contributed by atoms with Crippen molar-refractivity contribution in [3.63, 3.8) is 0 Å². The van der Waals surface area contributed by atoms with E-state index in [0.29, 0.717) is 25.9 Å². The summed E-state index contributed by atoms with van der Waals surface area (Å²) in [5, 5.41) is 11.0. The van der Waals surface area contributed by atoms with Gasteiger partial charge in [0.15, 0.2) is 0 Å². The van der Waals surface area contributed by atoms with E-state index < -0.39 is 5.97 Å². The molecular formula is C11H20N2O5. The first-order valence-corrected chi connectivity index (χ1v) is 5.75. The van der Waals surface area contributed by atoms with Crippen LogP contribution >= 0.6 is 0 Å². The molecule has 0 aliphatic heterocycles. The number of esters is 1. The first-order valence-electron chi connectivity index (χ1n) is 5.75.